The number of rotatable bonds is 4. The molecule has 2 amide bonds. The predicted molar refractivity (Wildman–Crippen MR) is 103 cm³/mol. The van der Waals surface area contributed by atoms with Gasteiger partial charge in [-0.2, -0.15) is 0 Å². The Kier molecular flexibility index (Phi) is 4.88. The minimum Gasteiger partial charge on any atom is -0.454 e. The quantitative estimate of drug-likeness (QED) is 0.811. The molecule has 0 fully saturated rings. The number of carbonyl (C=O) groups is 2. The molecule has 140 valence electrons. The van der Waals surface area contributed by atoms with Crippen molar-refractivity contribution in [2.45, 2.75) is 29.5 Å². The summed E-state index contributed by atoms with van der Waals surface area (Å²) in [6, 6.07) is 10.7. The fourth-order valence-electron chi connectivity index (χ4n) is 2.99. The number of halogens is 1. The summed E-state index contributed by atoms with van der Waals surface area (Å²) in [5.74, 6) is 0.989. The molecular formula is C19H17ClN2O4S. The molecule has 6 nitrogen and oxygen atoms in total. The van der Waals surface area contributed by atoms with Gasteiger partial charge in [0.2, 0.25) is 18.6 Å². The van der Waals surface area contributed by atoms with Crippen LogP contribution in [0.15, 0.2) is 41.3 Å². The molecule has 0 saturated heterocycles. The van der Waals surface area contributed by atoms with Gasteiger partial charge in [0.05, 0.1) is 17.0 Å². The summed E-state index contributed by atoms with van der Waals surface area (Å²) in [7, 11) is 0. The summed E-state index contributed by atoms with van der Waals surface area (Å²) in [6.07, 6.45) is 0.0907. The van der Waals surface area contributed by atoms with Crippen molar-refractivity contribution < 1.29 is 19.1 Å². The molecule has 0 aliphatic carbocycles. The van der Waals surface area contributed by atoms with Crippen LogP contribution < -0.4 is 20.1 Å². The Labute approximate surface area is 165 Å². The number of amides is 2. The Balaban J connectivity index is 1.39. The minimum atomic E-state index is -0.484. The van der Waals surface area contributed by atoms with E-state index in [4.69, 9.17) is 21.1 Å². The molecule has 0 saturated carbocycles. The SMILES string of the molecule is CC(NC(=O)CC1Sc2ccc(Cl)cc2NC1=O)c1ccc2c(c1)OCO2. The van der Waals surface area contributed by atoms with Gasteiger partial charge >= 0.3 is 0 Å². The van der Waals surface area contributed by atoms with Gasteiger partial charge in [-0.3, -0.25) is 9.59 Å². The average Bonchev–Trinajstić information content (AvgIpc) is 3.10. The number of ether oxygens (including phenoxy) is 2. The fourth-order valence-corrected chi connectivity index (χ4v) is 4.25. The first-order chi connectivity index (χ1) is 13.0. The van der Waals surface area contributed by atoms with Crippen LogP contribution in [0.5, 0.6) is 11.5 Å². The molecule has 0 radical (unpaired) electrons. The van der Waals surface area contributed by atoms with Crippen LogP contribution in [-0.4, -0.2) is 23.9 Å². The van der Waals surface area contributed by atoms with Crippen LogP contribution in [0.2, 0.25) is 5.02 Å². The molecule has 2 unspecified atom stereocenters. The van der Waals surface area contributed by atoms with Crippen LogP contribution in [0.3, 0.4) is 0 Å². The van der Waals surface area contributed by atoms with E-state index in [0.717, 1.165) is 10.5 Å². The Morgan fingerprint density at radius 2 is 2.11 bits per heavy atom. The molecule has 2 aliphatic heterocycles. The first-order valence-corrected chi connectivity index (χ1v) is 9.71. The number of thioether (sulfide) groups is 1. The minimum absolute atomic E-state index is 0.0907. The molecular weight excluding hydrogens is 388 g/mol. The van der Waals surface area contributed by atoms with Crippen molar-refractivity contribution in [3.05, 3.63) is 47.0 Å². The summed E-state index contributed by atoms with van der Waals surface area (Å²) in [5, 5.41) is 5.83. The van der Waals surface area contributed by atoms with Crippen molar-refractivity contribution in [3.8, 4) is 11.5 Å². The first kappa shape index (κ1) is 18.0. The van der Waals surface area contributed by atoms with Crippen molar-refractivity contribution in [3.63, 3.8) is 0 Å². The fraction of sp³-hybridized carbons (Fsp3) is 0.263. The zero-order chi connectivity index (χ0) is 19.0. The Bertz CT molecular complexity index is 921. The van der Waals surface area contributed by atoms with E-state index in [0.29, 0.717) is 22.2 Å². The number of nitrogens with one attached hydrogen (secondary N) is 2. The molecule has 8 heteroatoms. The Morgan fingerprint density at radius 3 is 2.96 bits per heavy atom. The van der Waals surface area contributed by atoms with Crippen LogP contribution in [0.1, 0.15) is 24.9 Å². The van der Waals surface area contributed by atoms with Gasteiger partial charge in [-0.15, -0.1) is 11.8 Å². The zero-order valence-corrected chi connectivity index (χ0v) is 16.0. The van der Waals surface area contributed by atoms with E-state index in [-0.39, 0.29) is 31.1 Å². The molecule has 2 atom stereocenters. The van der Waals surface area contributed by atoms with E-state index in [1.54, 1.807) is 12.1 Å². The number of anilines is 1. The maximum absolute atomic E-state index is 12.5. The smallest absolute Gasteiger partial charge is 0.238 e. The molecule has 27 heavy (non-hydrogen) atoms. The molecule has 2 N–H and O–H groups in total. The van der Waals surface area contributed by atoms with Gasteiger partial charge in [0.25, 0.3) is 0 Å². The normalized spacial score (nSPS) is 18.4. The first-order valence-electron chi connectivity index (χ1n) is 8.45. The van der Waals surface area contributed by atoms with Crippen molar-refractivity contribution in [1.82, 2.24) is 5.32 Å². The molecule has 2 aromatic carbocycles. The maximum atomic E-state index is 12.5. The van der Waals surface area contributed by atoms with E-state index < -0.39 is 5.25 Å². The highest BCUT2D eigenvalue weighted by Crippen LogP contribution is 2.38. The number of hydrogen-bond donors (Lipinski definition) is 2. The molecule has 0 spiro atoms. The second kappa shape index (κ2) is 7.32. The van der Waals surface area contributed by atoms with Crippen LogP contribution in [0.25, 0.3) is 0 Å². The molecule has 2 aromatic rings. The zero-order valence-electron chi connectivity index (χ0n) is 14.5. The van der Waals surface area contributed by atoms with Gasteiger partial charge < -0.3 is 20.1 Å². The lowest BCUT2D eigenvalue weighted by Crippen LogP contribution is -2.35. The van der Waals surface area contributed by atoms with Crippen molar-refractivity contribution in [2.24, 2.45) is 0 Å². The molecule has 2 heterocycles. The number of benzene rings is 2. The molecule has 4 rings (SSSR count). The van der Waals surface area contributed by atoms with Crippen molar-refractivity contribution in [1.29, 1.82) is 0 Å². The average molecular weight is 405 g/mol. The van der Waals surface area contributed by atoms with Crippen LogP contribution in [0, 0.1) is 0 Å². The maximum Gasteiger partial charge on any atom is 0.238 e. The summed E-state index contributed by atoms with van der Waals surface area (Å²) < 4.78 is 10.7. The monoisotopic (exact) mass is 404 g/mol. The highest BCUT2D eigenvalue weighted by atomic mass is 35.5. The standard InChI is InChI=1S/C19H17ClN2O4S/c1-10(11-2-4-14-15(6-11)26-9-25-14)21-18(23)8-17-19(24)22-13-7-12(20)3-5-16(13)27-17/h2-7,10,17H,8-9H2,1H3,(H,21,23)(H,22,24). The number of hydrogen-bond acceptors (Lipinski definition) is 5. The van der Waals surface area contributed by atoms with E-state index in [1.165, 1.54) is 11.8 Å². The van der Waals surface area contributed by atoms with E-state index in [2.05, 4.69) is 10.6 Å². The number of carbonyl (C=O) groups excluding carboxylic acids is 2. The van der Waals surface area contributed by atoms with E-state index in [9.17, 15) is 9.59 Å². The van der Waals surface area contributed by atoms with Gasteiger partial charge in [0.15, 0.2) is 11.5 Å². The third-order valence-corrected chi connectivity index (χ3v) is 5.92. The third-order valence-electron chi connectivity index (χ3n) is 4.41. The topological polar surface area (TPSA) is 76.7 Å². The van der Waals surface area contributed by atoms with Crippen LogP contribution >= 0.6 is 23.4 Å². The lowest BCUT2D eigenvalue weighted by molar-refractivity contribution is -0.124. The second-order valence-corrected chi connectivity index (χ2v) is 8.02. The number of fused-ring (bicyclic) bond motifs is 2. The van der Waals surface area contributed by atoms with E-state index in [1.807, 2.05) is 31.2 Å². The largest absolute Gasteiger partial charge is 0.454 e. The highest BCUT2D eigenvalue weighted by molar-refractivity contribution is 8.01. The van der Waals surface area contributed by atoms with Gasteiger partial charge in [0, 0.05) is 16.3 Å². The van der Waals surface area contributed by atoms with Crippen LogP contribution in [0.4, 0.5) is 5.69 Å². The van der Waals surface area contributed by atoms with Gasteiger partial charge in [0.1, 0.15) is 0 Å². The molecule has 0 bridgehead atoms. The Hall–Kier alpha value is -2.38. The van der Waals surface area contributed by atoms with Gasteiger partial charge in [-0.05, 0) is 42.8 Å². The predicted octanol–water partition coefficient (Wildman–Crippen LogP) is 3.75. The molecule has 2 aliphatic rings. The summed E-state index contributed by atoms with van der Waals surface area (Å²) >= 11 is 7.33. The Morgan fingerprint density at radius 1 is 1.30 bits per heavy atom. The summed E-state index contributed by atoms with van der Waals surface area (Å²) in [6.45, 7) is 2.10. The molecule has 0 aromatic heterocycles. The lowest BCUT2D eigenvalue weighted by Gasteiger charge is -2.24. The second-order valence-electron chi connectivity index (χ2n) is 6.34. The van der Waals surface area contributed by atoms with Gasteiger partial charge in [-0.1, -0.05) is 17.7 Å². The van der Waals surface area contributed by atoms with E-state index >= 15 is 0 Å². The summed E-state index contributed by atoms with van der Waals surface area (Å²) in [5.41, 5.74) is 1.59. The van der Waals surface area contributed by atoms with Gasteiger partial charge in [-0.25, -0.2) is 0 Å². The van der Waals surface area contributed by atoms with Crippen LogP contribution in [-0.2, 0) is 9.59 Å². The van der Waals surface area contributed by atoms with Crippen molar-refractivity contribution >= 4 is 40.9 Å². The highest BCUT2D eigenvalue weighted by Gasteiger charge is 2.29. The lowest BCUT2D eigenvalue weighted by atomic mass is 10.1. The third kappa shape index (κ3) is 3.84. The van der Waals surface area contributed by atoms with Crippen molar-refractivity contribution in [2.75, 3.05) is 12.1 Å². The summed E-state index contributed by atoms with van der Waals surface area (Å²) in [4.78, 5) is 25.7.